The van der Waals surface area contributed by atoms with Crippen molar-refractivity contribution < 1.29 is 4.79 Å². The number of hydrogen-bond acceptors (Lipinski definition) is 3. The molecule has 0 bridgehead atoms. The van der Waals surface area contributed by atoms with Gasteiger partial charge in [-0.1, -0.05) is 19.1 Å². The van der Waals surface area contributed by atoms with E-state index < -0.39 is 0 Å². The van der Waals surface area contributed by atoms with Crippen LogP contribution in [0, 0.1) is 6.92 Å². The third-order valence-electron chi connectivity index (χ3n) is 3.34. The zero-order valence-corrected chi connectivity index (χ0v) is 12.1. The highest BCUT2D eigenvalue weighted by Gasteiger charge is 2.16. The third-order valence-corrected chi connectivity index (χ3v) is 3.34. The van der Waals surface area contributed by atoms with Crippen LogP contribution in [0.3, 0.4) is 0 Å². The Morgan fingerprint density at radius 3 is 2.50 bits per heavy atom. The Kier molecular flexibility index (Phi) is 4.03. The minimum Gasteiger partial charge on any atom is -0.398 e. The zero-order chi connectivity index (χ0) is 14.7. The Labute approximate surface area is 119 Å². The molecule has 0 atom stereocenters. The van der Waals surface area contributed by atoms with Crippen molar-refractivity contribution in [3.63, 3.8) is 0 Å². The van der Waals surface area contributed by atoms with Gasteiger partial charge in [0.25, 0.3) is 5.91 Å². The van der Waals surface area contributed by atoms with Crippen LogP contribution in [-0.4, -0.2) is 17.9 Å². The molecule has 1 heterocycles. The second-order valence-corrected chi connectivity index (χ2v) is 4.80. The number of benzene rings is 1. The molecule has 0 saturated carbocycles. The highest BCUT2D eigenvalue weighted by atomic mass is 16.2. The molecule has 4 nitrogen and oxygen atoms in total. The van der Waals surface area contributed by atoms with E-state index in [2.05, 4.69) is 11.9 Å². The zero-order valence-electron chi connectivity index (χ0n) is 12.1. The molecule has 0 fully saturated rings. The van der Waals surface area contributed by atoms with Crippen molar-refractivity contribution in [1.82, 2.24) is 4.98 Å². The van der Waals surface area contributed by atoms with Crippen LogP contribution in [-0.2, 0) is 6.42 Å². The van der Waals surface area contributed by atoms with Crippen LogP contribution in [0.1, 0.15) is 28.5 Å². The number of nitrogens with two attached hydrogens (primary N) is 1. The summed E-state index contributed by atoms with van der Waals surface area (Å²) in [5.41, 5.74) is 9.66. The maximum Gasteiger partial charge on any atom is 0.261 e. The number of amides is 1. The molecular weight excluding hydrogens is 250 g/mol. The van der Waals surface area contributed by atoms with E-state index in [1.165, 1.54) is 11.8 Å². The van der Waals surface area contributed by atoms with Gasteiger partial charge in [0.15, 0.2) is 0 Å². The number of aryl methyl sites for hydroxylation is 2. The lowest BCUT2D eigenvalue weighted by Gasteiger charge is -2.18. The van der Waals surface area contributed by atoms with Crippen LogP contribution in [0.15, 0.2) is 36.5 Å². The smallest absolute Gasteiger partial charge is 0.261 e. The van der Waals surface area contributed by atoms with Crippen molar-refractivity contribution >= 4 is 17.3 Å². The largest absolute Gasteiger partial charge is 0.398 e. The minimum absolute atomic E-state index is 0.153. The average molecular weight is 269 g/mol. The number of hydrogen-bond donors (Lipinski definition) is 1. The van der Waals surface area contributed by atoms with Gasteiger partial charge in [-0.25, -0.2) is 0 Å². The lowest BCUT2D eigenvalue weighted by Crippen LogP contribution is -2.27. The molecule has 1 aromatic heterocycles. The van der Waals surface area contributed by atoms with Gasteiger partial charge < -0.3 is 10.6 Å². The molecule has 20 heavy (non-hydrogen) atoms. The number of carbonyl (C=O) groups is 1. The van der Waals surface area contributed by atoms with Crippen LogP contribution in [0.2, 0.25) is 0 Å². The normalized spacial score (nSPS) is 10.3. The van der Waals surface area contributed by atoms with Gasteiger partial charge in [0, 0.05) is 30.3 Å². The molecule has 0 unspecified atom stereocenters. The number of aromatic nitrogens is 1. The van der Waals surface area contributed by atoms with E-state index in [4.69, 9.17) is 5.73 Å². The van der Waals surface area contributed by atoms with Gasteiger partial charge in [0.2, 0.25) is 0 Å². The van der Waals surface area contributed by atoms with Crippen molar-refractivity contribution in [3.8, 4) is 0 Å². The quantitative estimate of drug-likeness (QED) is 0.932. The molecule has 0 spiro atoms. The number of pyridine rings is 1. The third kappa shape index (κ3) is 2.79. The summed E-state index contributed by atoms with van der Waals surface area (Å²) in [4.78, 5) is 18.2. The van der Waals surface area contributed by atoms with Crippen LogP contribution >= 0.6 is 0 Å². The Bertz CT molecular complexity index is 620. The molecular formula is C16H19N3O. The summed E-state index contributed by atoms with van der Waals surface area (Å²) in [6.45, 7) is 3.94. The van der Waals surface area contributed by atoms with Crippen molar-refractivity contribution in [1.29, 1.82) is 0 Å². The maximum absolute atomic E-state index is 12.4. The Balaban J connectivity index is 2.27. The Morgan fingerprint density at radius 1 is 1.30 bits per heavy atom. The van der Waals surface area contributed by atoms with Gasteiger partial charge in [-0.15, -0.1) is 0 Å². The van der Waals surface area contributed by atoms with E-state index in [1.807, 2.05) is 31.2 Å². The highest BCUT2D eigenvalue weighted by Crippen LogP contribution is 2.19. The lowest BCUT2D eigenvalue weighted by molar-refractivity contribution is 0.0993. The summed E-state index contributed by atoms with van der Waals surface area (Å²) in [5, 5.41) is 0. The number of carbonyl (C=O) groups excluding carboxylic acids is 1. The van der Waals surface area contributed by atoms with Crippen LogP contribution in [0.5, 0.6) is 0 Å². The molecule has 104 valence electrons. The second-order valence-electron chi connectivity index (χ2n) is 4.80. The Morgan fingerprint density at radius 2 is 1.95 bits per heavy atom. The van der Waals surface area contributed by atoms with Crippen LogP contribution in [0.4, 0.5) is 11.4 Å². The first kappa shape index (κ1) is 14.1. The first-order chi connectivity index (χ1) is 9.52. The minimum atomic E-state index is -0.153. The molecule has 2 rings (SSSR count). The summed E-state index contributed by atoms with van der Waals surface area (Å²) in [6.07, 6.45) is 2.51. The first-order valence-electron chi connectivity index (χ1n) is 6.62. The lowest BCUT2D eigenvalue weighted by atomic mass is 10.1. The topological polar surface area (TPSA) is 59.2 Å². The molecule has 0 aliphatic carbocycles. The number of nitrogens with zero attached hydrogens (tertiary/aromatic N) is 2. The predicted octanol–water partition coefficient (Wildman–Crippen LogP) is 2.81. The van der Waals surface area contributed by atoms with E-state index in [0.717, 1.165) is 17.8 Å². The van der Waals surface area contributed by atoms with Gasteiger partial charge in [-0.2, -0.15) is 0 Å². The standard InChI is InChI=1S/C16H19N3O/c1-4-12-5-7-13(8-6-12)19(3)16(20)14-10-18-11(2)9-15(14)17/h5-10H,4H2,1-3H3,(H2,17,18). The molecule has 1 amide bonds. The summed E-state index contributed by atoms with van der Waals surface area (Å²) in [5.74, 6) is -0.153. The van der Waals surface area contributed by atoms with E-state index in [1.54, 1.807) is 18.0 Å². The SMILES string of the molecule is CCc1ccc(N(C)C(=O)c2cnc(C)cc2N)cc1. The fourth-order valence-corrected chi connectivity index (χ4v) is 2.01. The van der Waals surface area contributed by atoms with Crippen molar-refractivity contribution in [3.05, 3.63) is 53.3 Å². The predicted molar refractivity (Wildman–Crippen MR) is 81.9 cm³/mol. The van der Waals surface area contributed by atoms with Crippen LogP contribution in [0.25, 0.3) is 0 Å². The molecule has 0 radical (unpaired) electrons. The van der Waals surface area contributed by atoms with E-state index >= 15 is 0 Å². The van der Waals surface area contributed by atoms with Crippen molar-refractivity contribution in [2.24, 2.45) is 0 Å². The van der Waals surface area contributed by atoms with Gasteiger partial charge in [-0.05, 0) is 37.1 Å². The second kappa shape index (κ2) is 5.74. The Hall–Kier alpha value is -2.36. The molecule has 0 aliphatic rings. The highest BCUT2D eigenvalue weighted by molar-refractivity contribution is 6.08. The average Bonchev–Trinajstić information content (AvgIpc) is 2.46. The van der Waals surface area contributed by atoms with Gasteiger partial charge >= 0.3 is 0 Å². The van der Waals surface area contributed by atoms with Gasteiger partial charge in [-0.3, -0.25) is 9.78 Å². The molecule has 2 N–H and O–H groups in total. The summed E-state index contributed by atoms with van der Waals surface area (Å²) < 4.78 is 0. The number of anilines is 2. The van der Waals surface area contributed by atoms with Gasteiger partial charge in [0.05, 0.1) is 5.56 Å². The molecule has 4 heteroatoms. The summed E-state index contributed by atoms with van der Waals surface area (Å²) >= 11 is 0. The summed E-state index contributed by atoms with van der Waals surface area (Å²) in [6, 6.07) is 9.63. The maximum atomic E-state index is 12.4. The fraction of sp³-hybridized carbons (Fsp3) is 0.250. The van der Waals surface area contributed by atoms with Crippen molar-refractivity contribution in [2.75, 3.05) is 17.7 Å². The number of nitrogen functional groups attached to an aromatic ring is 1. The molecule has 2 aromatic rings. The van der Waals surface area contributed by atoms with Crippen LogP contribution < -0.4 is 10.6 Å². The monoisotopic (exact) mass is 269 g/mol. The van der Waals surface area contributed by atoms with E-state index in [9.17, 15) is 4.79 Å². The van der Waals surface area contributed by atoms with Gasteiger partial charge in [0.1, 0.15) is 0 Å². The number of rotatable bonds is 3. The molecule has 0 aliphatic heterocycles. The molecule has 0 saturated heterocycles. The first-order valence-corrected chi connectivity index (χ1v) is 6.62. The molecule has 1 aromatic carbocycles. The van der Waals surface area contributed by atoms with Crippen molar-refractivity contribution in [2.45, 2.75) is 20.3 Å². The van der Waals surface area contributed by atoms with E-state index in [-0.39, 0.29) is 5.91 Å². The fourth-order valence-electron chi connectivity index (χ4n) is 2.01. The summed E-state index contributed by atoms with van der Waals surface area (Å²) in [7, 11) is 1.74. The van der Waals surface area contributed by atoms with E-state index in [0.29, 0.717) is 11.3 Å².